The molecule has 0 aliphatic carbocycles. The van der Waals surface area contributed by atoms with Gasteiger partial charge in [-0.05, 0) is 25.3 Å². The van der Waals surface area contributed by atoms with Gasteiger partial charge in [-0.2, -0.15) is 0 Å². The number of nitrogens with two attached hydrogens (primary N) is 1. The van der Waals surface area contributed by atoms with E-state index in [9.17, 15) is 17.8 Å². The summed E-state index contributed by atoms with van der Waals surface area (Å²) in [6.45, 7) is 1.14. The van der Waals surface area contributed by atoms with Crippen molar-refractivity contribution in [3.63, 3.8) is 0 Å². The Balaban J connectivity index is 0.00000225. The number of rotatable bonds is 3. The van der Waals surface area contributed by atoms with Crippen LogP contribution in [0, 0.1) is 0 Å². The average Bonchev–Trinajstić information content (AvgIpc) is 2.16. The van der Waals surface area contributed by atoms with Crippen LogP contribution in [-0.2, 0) is 14.9 Å². The van der Waals surface area contributed by atoms with Gasteiger partial charge in [-0.1, -0.05) is 6.08 Å². The monoisotopic (exact) mass is 254 g/mol. The Kier molecular flexibility index (Phi) is 5.21. The van der Waals surface area contributed by atoms with Crippen LogP contribution in [0.4, 0.5) is 0 Å². The van der Waals surface area contributed by atoms with E-state index in [0.29, 0.717) is 0 Å². The fraction of sp³-hybridized carbons (Fsp3) is 0.375. The van der Waals surface area contributed by atoms with Crippen LogP contribution >= 0.6 is 0 Å². The van der Waals surface area contributed by atoms with E-state index in [-0.39, 0.29) is 29.6 Å². The van der Waals surface area contributed by atoms with Gasteiger partial charge in [-0.3, -0.25) is 4.79 Å². The third-order valence-corrected chi connectivity index (χ3v) is 3.61. The van der Waals surface area contributed by atoms with Crippen LogP contribution in [0.25, 0.3) is 0 Å². The SMILES string of the molecule is CC(C1(C(N)=O)C=CC=CN1)S(=O)(=O)[O-].[Na+]. The molecule has 84 valence electrons. The maximum Gasteiger partial charge on any atom is 1.00 e. The number of amides is 1. The maximum atomic E-state index is 11.2. The van der Waals surface area contributed by atoms with E-state index < -0.39 is 26.8 Å². The number of carbonyl (C=O) groups is 1. The van der Waals surface area contributed by atoms with Crippen LogP contribution in [0.5, 0.6) is 0 Å². The van der Waals surface area contributed by atoms with Gasteiger partial charge in [0, 0.05) is 0 Å². The molecular formula is C8H11N2NaO4S. The van der Waals surface area contributed by atoms with E-state index in [2.05, 4.69) is 5.32 Å². The van der Waals surface area contributed by atoms with Gasteiger partial charge in [0.25, 0.3) is 0 Å². The van der Waals surface area contributed by atoms with Gasteiger partial charge in [0.2, 0.25) is 5.91 Å². The zero-order chi connectivity index (χ0) is 11.7. The molecule has 0 aromatic rings. The van der Waals surface area contributed by atoms with Gasteiger partial charge in [0.1, 0.15) is 10.1 Å². The summed E-state index contributed by atoms with van der Waals surface area (Å²) < 4.78 is 32.6. The Morgan fingerprint density at radius 1 is 1.50 bits per heavy atom. The van der Waals surface area contributed by atoms with Crippen LogP contribution < -0.4 is 40.6 Å². The Bertz CT molecular complexity index is 431. The largest absolute Gasteiger partial charge is 1.00 e. The normalized spacial score (nSPS) is 25.4. The van der Waals surface area contributed by atoms with Crippen molar-refractivity contribution in [2.75, 3.05) is 0 Å². The molecule has 0 saturated heterocycles. The first-order valence-corrected chi connectivity index (χ1v) is 5.64. The van der Waals surface area contributed by atoms with E-state index >= 15 is 0 Å². The quantitative estimate of drug-likeness (QED) is 0.392. The second-order valence-electron chi connectivity index (χ2n) is 3.23. The average molecular weight is 254 g/mol. The number of nitrogens with one attached hydrogen (secondary N) is 1. The first kappa shape index (κ1) is 15.7. The predicted octanol–water partition coefficient (Wildman–Crippen LogP) is -4.18. The first-order chi connectivity index (χ1) is 6.81. The molecule has 0 spiro atoms. The fourth-order valence-corrected chi connectivity index (χ4v) is 2.05. The maximum absolute atomic E-state index is 11.2. The van der Waals surface area contributed by atoms with Crippen LogP contribution in [0.1, 0.15) is 6.92 Å². The Morgan fingerprint density at radius 3 is 2.38 bits per heavy atom. The van der Waals surface area contributed by atoms with Gasteiger partial charge in [0.15, 0.2) is 5.54 Å². The first-order valence-electron chi connectivity index (χ1n) is 4.17. The van der Waals surface area contributed by atoms with Gasteiger partial charge >= 0.3 is 29.6 Å². The molecule has 3 N–H and O–H groups in total. The molecule has 0 aromatic carbocycles. The van der Waals surface area contributed by atoms with Crippen LogP contribution in [0.3, 0.4) is 0 Å². The van der Waals surface area contributed by atoms with E-state index in [1.807, 2.05) is 0 Å². The van der Waals surface area contributed by atoms with Crippen molar-refractivity contribution in [3.05, 3.63) is 24.4 Å². The van der Waals surface area contributed by atoms with Crippen molar-refractivity contribution in [1.82, 2.24) is 5.32 Å². The van der Waals surface area contributed by atoms with Gasteiger partial charge < -0.3 is 15.6 Å². The fourth-order valence-electron chi connectivity index (χ4n) is 1.33. The van der Waals surface area contributed by atoms with Crippen molar-refractivity contribution in [2.24, 2.45) is 5.73 Å². The number of hydrogen-bond acceptors (Lipinski definition) is 5. The van der Waals surface area contributed by atoms with Crippen LogP contribution in [0.2, 0.25) is 0 Å². The molecule has 1 aliphatic heterocycles. The topological polar surface area (TPSA) is 112 Å². The number of dihydropyridines is 1. The van der Waals surface area contributed by atoms with Crippen molar-refractivity contribution < 1.29 is 47.3 Å². The molecule has 1 heterocycles. The Hall–Kier alpha value is -0.340. The molecule has 0 radical (unpaired) electrons. The van der Waals surface area contributed by atoms with E-state index in [0.717, 1.165) is 6.92 Å². The summed E-state index contributed by atoms with van der Waals surface area (Å²) in [6, 6.07) is 0. The number of carbonyl (C=O) groups excluding carboxylic acids is 1. The number of allylic oxidation sites excluding steroid dienone is 2. The zero-order valence-corrected chi connectivity index (χ0v) is 11.8. The third kappa shape index (κ3) is 2.86. The molecule has 1 aliphatic rings. The molecule has 1 rings (SSSR count). The zero-order valence-electron chi connectivity index (χ0n) is 9.01. The third-order valence-electron chi connectivity index (χ3n) is 2.37. The van der Waals surface area contributed by atoms with Crippen molar-refractivity contribution >= 4 is 16.0 Å². The number of primary amides is 1. The van der Waals surface area contributed by atoms with Crippen molar-refractivity contribution in [1.29, 1.82) is 0 Å². The molecular weight excluding hydrogens is 243 g/mol. The van der Waals surface area contributed by atoms with Crippen LogP contribution in [0.15, 0.2) is 24.4 Å². The smallest absolute Gasteiger partial charge is 0.748 e. The summed E-state index contributed by atoms with van der Waals surface area (Å²) in [6.07, 6.45) is 5.66. The molecule has 0 saturated carbocycles. The van der Waals surface area contributed by atoms with Crippen LogP contribution in [-0.4, -0.2) is 29.7 Å². The molecule has 6 nitrogen and oxygen atoms in total. The minimum absolute atomic E-state index is 0. The molecule has 0 fully saturated rings. The Morgan fingerprint density at radius 2 is 2.06 bits per heavy atom. The Labute approximate surface area is 116 Å². The molecule has 16 heavy (non-hydrogen) atoms. The van der Waals surface area contributed by atoms with Crippen molar-refractivity contribution in [2.45, 2.75) is 17.7 Å². The summed E-state index contributed by atoms with van der Waals surface area (Å²) in [4.78, 5) is 11.2. The summed E-state index contributed by atoms with van der Waals surface area (Å²) >= 11 is 0. The van der Waals surface area contributed by atoms with E-state index in [4.69, 9.17) is 5.73 Å². The van der Waals surface area contributed by atoms with Gasteiger partial charge in [0.05, 0.1) is 5.25 Å². The molecule has 0 aromatic heterocycles. The molecule has 8 heteroatoms. The predicted molar refractivity (Wildman–Crippen MR) is 52.5 cm³/mol. The second kappa shape index (κ2) is 5.33. The van der Waals surface area contributed by atoms with E-state index in [1.54, 1.807) is 6.08 Å². The summed E-state index contributed by atoms with van der Waals surface area (Å²) in [5.74, 6) is -0.907. The van der Waals surface area contributed by atoms with Crippen molar-refractivity contribution in [3.8, 4) is 0 Å². The minimum Gasteiger partial charge on any atom is -0.748 e. The standard InChI is InChI=1S/C8H12N2O4S.Na/c1-6(15(12,13)14)8(7(9)11)4-2-3-5-10-8;/h2-6,10H,1H3,(H2,9,11)(H,12,13,14);/q;+1/p-1. The van der Waals surface area contributed by atoms with E-state index in [1.165, 1.54) is 18.4 Å². The second-order valence-corrected chi connectivity index (χ2v) is 4.92. The molecule has 0 bridgehead atoms. The minimum atomic E-state index is -4.60. The summed E-state index contributed by atoms with van der Waals surface area (Å²) in [5, 5.41) is 1.05. The number of hydrogen-bond donors (Lipinski definition) is 2. The van der Waals surface area contributed by atoms with Gasteiger partial charge in [-0.15, -0.1) is 0 Å². The molecule has 2 unspecified atom stereocenters. The molecule has 2 atom stereocenters. The molecule has 1 amide bonds. The van der Waals surface area contributed by atoms with Gasteiger partial charge in [-0.25, -0.2) is 8.42 Å². The summed E-state index contributed by atoms with van der Waals surface area (Å²) in [5.41, 5.74) is 3.45. The summed E-state index contributed by atoms with van der Waals surface area (Å²) in [7, 11) is -4.60.